The van der Waals surface area contributed by atoms with Crippen molar-refractivity contribution in [2.24, 2.45) is 0 Å². The second-order valence-corrected chi connectivity index (χ2v) is 5.47. The van der Waals surface area contributed by atoms with Gasteiger partial charge in [0.25, 0.3) is 10.8 Å². The van der Waals surface area contributed by atoms with Gasteiger partial charge in [0, 0.05) is 37.5 Å². The Morgan fingerprint density at radius 3 is 2.75 bits per heavy atom. The maximum absolute atomic E-state index is 12.4. The van der Waals surface area contributed by atoms with E-state index < -0.39 is 0 Å². The summed E-state index contributed by atoms with van der Waals surface area (Å²) in [5.41, 5.74) is 2.08. The van der Waals surface area contributed by atoms with Crippen LogP contribution in [0.15, 0.2) is 42.5 Å². The van der Waals surface area contributed by atoms with Crippen LogP contribution in [0.4, 0.5) is 17.2 Å². The van der Waals surface area contributed by atoms with E-state index in [0.29, 0.717) is 16.5 Å². The molecule has 1 heterocycles. The summed E-state index contributed by atoms with van der Waals surface area (Å²) in [4.78, 5) is 25.1. The van der Waals surface area contributed by atoms with Crippen LogP contribution in [0, 0.1) is 4.91 Å². The molecule has 2 aromatic carbocycles. The quantitative estimate of drug-likeness (QED) is 0.640. The monoisotopic (exact) mass is 326 g/mol. The van der Waals surface area contributed by atoms with Crippen LogP contribution in [0.2, 0.25) is 0 Å². The third kappa shape index (κ3) is 2.89. The van der Waals surface area contributed by atoms with E-state index in [2.05, 4.69) is 15.5 Å². The van der Waals surface area contributed by atoms with E-state index in [1.165, 1.54) is 12.1 Å². The van der Waals surface area contributed by atoms with E-state index in [4.69, 9.17) is 5.21 Å². The average molecular weight is 326 g/mol. The molecular formula is C16H16N5O3+. The largest absolute Gasteiger partial charge is 0.378 e. The second kappa shape index (κ2) is 5.99. The number of aromatic amines is 1. The minimum atomic E-state index is -0.319. The van der Waals surface area contributed by atoms with E-state index >= 15 is 0 Å². The summed E-state index contributed by atoms with van der Waals surface area (Å²) in [6.07, 6.45) is 0. The average Bonchev–Trinajstić information content (AvgIpc) is 2.97. The number of aromatic nitrogens is 2. The highest BCUT2D eigenvalue weighted by Gasteiger charge is 2.17. The van der Waals surface area contributed by atoms with Gasteiger partial charge < -0.3 is 10.2 Å². The fourth-order valence-corrected chi connectivity index (χ4v) is 2.32. The number of benzene rings is 2. The predicted octanol–water partition coefficient (Wildman–Crippen LogP) is 2.68. The Morgan fingerprint density at radius 1 is 1.25 bits per heavy atom. The van der Waals surface area contributed by atoms with Gasteiger partial charge in [-0.05, 0) is 24.3 Å². The first-order valence-corrected chi connectivity index (χ1v) is 7.18. The molecule has 0 aliphatic rings. The molecule has 0 fully saturated rings. The van der Waals surface area contributed by atoms with Crippen LogP contribution >= 0.6 is 0 Å². The van der Waals surface area contributed by atoms with Gasteiger partial charge in [-0.2, -0.15) is 5.10 Å². The molecule has 0 aliphatic heterocycles. The second-order valence-electron chi connectivity index (χ2n) is 5.47. The molecule has 3 aromatic rings. The number of nitrogens with zero attached hydrogens (tertiary/aromatic N) is 3. The Labute approximate surface area is 137 Å². The number of carbonyl (C=O) groups is 1. The molecule has 0 bridgehead atoms. The molecule has 0 spiro atoms. The molecule has 1 aromatic heterocycles. The maximum Gasteiger partial charge on any atom is 0.317 e. The van der Waals surface area contributed by atoms with Crippen molar-refractivity contribution in [2.45, 2.75) is 0 Å². The Hall–Kier alpha value is -3.42. The van der Waals surface area contributed by atoms with Crippen LogP contribution in [0.5, 0.6) is 0 Å². The van der Waals surface area contributed by atoms with Gasteiger partial charge >= 0.3 is 5.69 Å². The smallest absolute Gasteiger partial charge is 0.317 e. The van der Waals surface area contributed by atoms with Crippen molar-refractivity contribution in [1.82, 2.24) is 10.2 Å². The zero-order valence-corrected chi connectivity index (χ0v) is 13.1. The van der Waals surface area contributed by atoms with Crippen LogP contribution in [-0.2, 0) is 0 Å². The predicted molar refractivity (Wildman–Crippen MR) is 89.9 cm³/mol. The summed E-state index contributed by atoms with van der Waals surface area (Å²) in [7, 11) is 3.78. The minimum absolute atomic E-state index is 0.0500. The Morgan fingerprint density at radius 2 is 2.04 bits per heavy atom. The van der Waals surface area contributed by atoms with Gasteiger partial charge in [-0.3, -0.25) is 9.89 Å². The fourth-order valence-electron chi connectivity index (χ4n) is 2.32. The standard InChI is InChI=1S/C16H15N5O3/c1-20(2)11-5-3-4-10(8-11)16(22)17-15-13-9-12(21(23)24)6-7-14(13)18-19-15/h3-9H,1-2H3,(H2-,17,18,19,22,23,24)/p+1. The van der Waals surface area contributed by atoms with Gasteiger partial charge in [0.1, 0.15) is 0 Å². The summed E-state index contributed by atoms with van der Waals surface area (Å²) in [5.74, 6) is -0.0329. The Bertz CT molecular complexity index is 932. The van der Waals surface area contributed by atoms with E-state index in [9.17, 15) is 9.70 Å². The summed E-state index contributed by atoms with van der Waals surface area (Å²) in [5, 5.41) is 19.1. The van der Waals surface area contributed by atoms with Gasteiger partial charge in [-0.25, -0.2) is 5.21 Å². The van der Waals surface area contributed by atoms with Crippen molar-refractivity contribution in [3.63, 3.8) is 0 Å². The molecule has 3 rings (SSSR count). The number of rotatable bonds is 4. The van der Waals surface area contributed by atoms with Crippen molar-refractivity contribution >= 4 is 34.0 Å². The van der Waals surface area contributed by atoms with Gasteiger partial charge in [-0.1, -0.05) is 6.07 Å². The fraction of sp³-hybridized carbons (Fsp3) is 0.125. The van der Waals surface area contributed by atoms with E-state index in [1.807, 2.05) is 25.1 Å². The van der Waals surface area contributed by atoms with E-state index in [0.717, 1.165) is 5.69 Å². The molecule has 122 valence electrons. The van der Waals surface area contributed by atoms with E-state index in [1.54, 1.807) is 24.3 Å². The maximum atomic E-state index is 12.4. The molecule has 1 amide bonds. The van der Waals surface area contributed by atoms with Crippen LogP contribution in [0.25, 0.3) is 10.9 Å². The summed E-state index contributed by atoms with van der Waals surface area (Å²) in [6.45, 7) is 0. The van der Waals surface area contributed by atoms with Gasteiger partial charge in [0.2, 0.25) is 0 Å². The highest BCUT2D eigenvalue weighted by Crippen LogP contribution is 2.25. The normalized spacial score (nSPS) is 10.6. The number of fused-ring (bicyclic) bond motifs is 1. The van der Waals surface area contributed by atoms with Crippen LogP contribution < -0.4 is 10.2 Å². The van der Waals surface area contributed by atoms with Gasteiger partial charge in [0.05, 0.1) is 15.8 Å². The highest BCUT2D eigenvalue weighted by molar-refractivity contribution is 6.08. The molecule has 3 N–H and O–H groups in total. The van der Waals surface area contributed by atoms with Crippen LogP contribution in [0.1, 0.15) is 10.4 Å². The zero-order chi connectivity index (χ0) is 17.3. The number of amides is 1. The van der Waals surface area contributed by atoms with Gasteiger partial charge in [-0.15, -0.1) is 0 Å². The van der Waals surface area contributed by atoms with Crippen molar-refractivity contribution < 1.29 is 14.9 Å². The Kier molecular flexibility index (Phi) is 3.87. The number of hydrogen-bond donors (Lipinski definition) is 3. The number of nitrogens with one attached hydrogen (secondary N) is 2. The van der Waals surface area contributed by atoms with Crippen LogP contribution in [-0.4, -0.2) is 40.3 Å². The Balaban J connectivity index is 1.92. The molecular weight excluding hydrogens is 310 g/mol. The molecule has 24 heavy (non-hydrogen) atoms. The third-order valence-electron chi connectivity index (χ3n) is 3.62. The summed E-state index contributed by atoms with van der Waals surface area (Å²) >= 11 is 0. The molecule has 0 saturated carbocycles. The first-order valence-electron chi connectivity index (χ1n) is 7.18. The van der Waals surface area contributed by atoms with Crippen molar-refractivity contribution in [1.29, 1.82) is 0 Å². The minimum Gasteiger partial charge on any atom is -0.378 e. The third-order valence-corrected chi connectivity index (χ3v) is 3.62. The van der Waals surface area contributed by atoms with E-state index in [-0.39, 0.29) is 22.3 Å². The molecule has 8 nitrogen and oxygen atoms in total. The number of H-pyrrole nitrogens is 1. The molecule has 0 saturated heterocycles. The lowest BCUT2D eigenvalue weighted by Crippen LogP contribution is -2.14. The lowest BCUT2D eigenvalue weighted by molar-refractivity contribution is -0.729. The SMILES string of the molecule is CN(C)c1cccc(C(=O)Nc2n[nH]c3ccc([N+](=O)O)cc23)c1. The molecule has 0 unspecified atom stereocenters. The van der Waals surface area contributed by atoms with Crippen LogP contribution in [0.3, 0.4) is 0 Å². The van der Waals surface area contributed by atoms with Crippen molar-refractivity contribution in [2.75, 3.05) is 24.3 Å². The molecule has 8 heteroatoms. The molecule has 0 aliphatic carbocycles. The van der Waals surface area contributed by atoms with Crippen molar-refractivity contribution in [3.05, 3.63) is 52.9 Å². The number of anilines is 2. The van der Waals surface area contributed by atoms with Gasteiger partial charge in [0.15, 0.2) is 5.82 Å². The molecule has 0 radical (unpaired) electrons. The number of hydrogen-bond acceptors (Lipinski definition) is 4. The first-order chi connectivity index (χ1) is 11.5. The lowest BCUT2D eigenvalue weighted by atomic mass is 10.1. The zero-order valence-electron chi connectivity index (χ0n) is 13.1. The molecule has 0 atom stereocenters. The summed E-state index contributed by atoms with van der Waals surface area (Å²) < 4.78 is 0. The highest BCUT2D eigenvalue weighted by atomic mass is 16.6. The van der Waals surface area contributed by atoms with Crippen molar-refractivity contribution in [3.8, 4) is 0 Å². The topological polar surface area (TPSA) is 101 Å². The lowest BCUT2D eigenvalue weighted by Gasteiger charge is -2.13. The first kappa shape index (κ1) is 15.5. The number of carbonyl (C=O) groups excluding carboxylic acids is 1. The summed E-state index contributed by atoms with van der Waals surface area (Å²) in [6, 6.07) is 11.7.